The van der Waals surface area contributed by atoms with E-state index in [9.17, 15) is 31.5 Å². The maximum Gasteiger partial charge on any atom is 0.451 e. The van der Waals surface area contributed by atoms with Gasteiger partial charge in [0.1, 0.15) is 17.4 Å². The van der Waals surface area contributed by atoms with Crippen LogP contribution in [-0.2, 0) is 22.7 Å². The number of hydrogen-bond acceptors (Lipinski definition) is 7. The molecule has 35 heavy (non-hydrogen) atoms. The number of rotatable bonds is 6. The molecule has 0 spiro atoms. The third-order valence-corrected chi connectivity index (χ3v) is 7.07. The molecule has 0 N–H and O–H groups in total. The fourth-order valence-corrected chi connectivity index (χ4v) is 5.14. The lowest BCUT2D eigenvalue weighted by Gasteiger charge is -2.36. The monoisotopic (exact) mass is 532 g/mol. The topological polar surface area (TPSA) is 121 Å². The van der Waals surface area contributed by atoms with E-state index in [0.717, 1.165) is 18.3 Å². The Bertz CT molecular complexity index is 1350. The van der Waals surface area contributed by atoms with E-state index in [2.05, 4.69) is 15.0 Å². The predicted molar refractivity (Wildman–Crippen MR) is 119 cm³/mol. The summed E-state index contributed by atoms with van der Waals surface area (Å²) in [4.78, 5) is 23.1. The number of aryl methyl sites for hydroxylation is 1. The van der Waals surface area contributed by atoms with Gasteiger partial charge in [-0.3, -0.25) is 0 Å². The van der Waals surface area contributed by atoms with Gasteiger partial charge in [0, 0.05) is 11.6 Å². The van der Waals surface area contributed by atoms with E-state index in [4.69, 9.17) is 11.6 Å². The van der Waals surface area contributed by atoms with Crippen molar-refractivity contribution < 1.29 is 31.5 Å². The van der Waals surface area contributed by atoms with Gasteiger partial charge in [-0.25, -0.2) is 27.7 Å². The van der Waals surface area contributed by atoms with Crippen LogP contribution in [-0.4, -0.2) is 38.3 Å². The Morgan fingerprint density at radius 1 is 1.17 bits per heavy atom. The molecule has 190 valence electrons. The molecule has 9 nitrogen and oxygen atoms in total. The highest BCUT2D eigenvalue weighted by atomic mass is 35.5. The van der Waals surface area contributed by atoms with Crippen molar-refractivity contribution >= 4 is 38.9 Å². The third-order valence-electron chi connectivity index (χ3n) is 5.02. The fraction of sp³-hybridized carbons (Fsp3) is 0.429. The Kier molecular flexibility index (Phi) is 7.06. The molecule has 0 aliphatic heterocycles. The first-order chi connectivity index (χ1) is 16.1. The van der Waals surface area contributed by atoms with Crippen molar-refractivity contribution in [3.63, 3.8) is 0 Å². The molecule has 1 amide bonds. The van der Waals surface area contributed by atoms with Crippen molar-refractivity contribution in [3.8, 4) is 0 Å². The number of benzene rings is 1. The van der Waals surface area contributed by atoms with Crippen molar-refractivity contribution in [2.75, 3.05) is 0 Å². The number of alkyl halides is 3. The molecule has 14 heteroatoms. The van der Waals surface area contributed by atoms with Crippen LogP contribution in [0.25, 0.3) is 11.2 Å². The maximum atomic E-state index is 13.4. The smallest absolute Gasteiger partial charge is 0.451 e. The number of halogens is 4. The second kappa shape index (κ2) is 9.26. The molecule has 1 aromatic carbocycles. The van der Waals surface area contributed by atoms with Gasteiger partial charge in [-0.15, -0.1) is 0 Å². The molecule has 2 heterocycles. The van der Waals surface area contributed by atoms with Gasteiger partial charge in [-0.05, 0) is 43.0 Å². The highest BCUT2D eigenvalue weighted by Crippen LogP contribution is 2.38. The standard InChI is InChI=1S/C21H23ClF3N5O4S/c1-5-29-16-14(11-26-18(28-16)21(23,24)25)27-17(29)15(10-20(2,3)4)30(19(31)32)35(33,34)13-8-6-12(22)7-9-13/h6-9,11,15H,5,10H2,1-4H3,(H,31,32)/p-1. The van der Waals surface area contributed by atoms with Crippen molar-refractivity contribution in [2.24, 2.45) is 5.41 Å². The number of fused-ring (bicyclic) bond motifs is 1. The van der Waals surface area contributed by atoms with Crippen LogP contribution >= 0.6 is 11.6 Å². The first kappa shape index (κ1) is 26.7. The van der Waals surface area contributed by atoms with Crippen LogP contribution in [0.5, 0.6) is 0 Å². The SMILES string of the molecule is CCn1c(C(CC(C)(C)C)N(C(=O)[O-])S(=O)(=O)c2ccc(Cl)cc2)nc2cnc(C(F)(F)F)nc21. The number of carbonyl (C=O) groups excluding carboxylic acids is 1. The molecule has 0 fully saturated rings. The summed E-state index contributed by atoms with van der Waals surface area (Å²) in [6, 6.07) is 3.42. The Morgan fingerprint density at radius 3 is 2.26 bits per heavy atom. The largest absolute Gasteiger partial charge is 0.529 e. The molecule has 0 aliphatic carbocycles. The van der Waals surface area contributed by atoms with Crippen LogP contribution in [0.4, 0.5) is 18.0 Å². The number of carboxylic acid groups (broad SMARTS) is 1. The minimum Gasteiger partial charge on any atom is -0.529 e. The maximum absolute atomic E-state index is 13.4. The lowest BCUT2D eigenvalue weighted by Crippen LogP contribution is -2.48. The molecule has 0 saturated carbocycles. The molecule has 0 saturated heterocycles. The second-order valence-corrected chi connectivity index (χ2v) is 11.2. The molecule has 0 aliphatic rings. The molecule has 1 unspecified atom stereocenters. The molecule has 0 bridgehead atoms. The van der Waals surface area contributed by atoms with Gasteiger partial charge in [-0.2, -0.15) is 13.2 Å². The summed E-state index contributed by atoms with van der Waals surface area (Å²) in [5.41, 5.74) is -0.880. The van der Waals surface area contributed by atoms with Gasteiger partial charge in [0.05, 0.1) is 11.1 Å². The quantitative estimate of drug-likeness (QED) is 0.470. The van der Waals surface area contributed by atoms with Crippen molar-refractivity contribution in [3.05, 3.63) is 47.1 Å². The van der Waals surface area contributed by atoms with Gasteiger partial charge in [0.15, 0.2) is 11.7 Å². The van der Waals surface area contributed by atoms with Crippen molar-refractivity contribution in [1.82, 2.24) is 23.8 Å². The van der Waals surface area contributed by atoms with Gasteiger partial charge < -0.3 is 14.5 Å². The number of imidazole rings is 1. The van der Waals surface area contributed by atoms with Crippen LogP contribution in [0, 0.1) is 5.41 Å². The van der Waals surface area contributed by atoms with E-state index >= 15 is 0 Å². The van der Waals surface area contributed by atoms with E-state index in [1.165, 1.54) is 16.7 Å². The van der Waals surface area contributed by atoms with E-state index in [-0.39, 0.29) is 44.2 Å². The van der Waals surface area contributed by atoms with Gasteiger partial charge in [-0.1, -0.05) is 32.4 Å². The average molecular weight is 533 g/mol. The lowest BCUT2D eigenvalue weighted by atomic mass is 9.87. The molecule has 3 rings (SSSR count). The Labute approximate surface area is 204 Å². The molecule has 1 atom stereocenters. The molecule has 3 aromatic rings. The number of carbonyl (C=O) groups is 1. The van der Waals surface area contributed by atoms with Crippen LogP contribution in [0.15, 0.2) is 35.4 Å². The minimum absolute atomic E-state index is 0.0304. The van der Waals surface area contributed by atoms with Gasteiger partial charge in [0.25, 0.3) is 10.0 Å². The number of hydrogen-bond donors (Lipinski definition) is 0. The summed E-state index contributed by atoms with van der Waals surface area (Å²) >= 11 is 5.84. The number of aromatic nitrogens is 4. The second-order valence-electron chi connectivity index (χ2n) is 8.92. The number of sulfonamides is 1. The Hall–Kier alpha value is -2.93. The molecular weight excluding hydrogens is 511 g/mol. The average Bonchev–Trinajstić information content (AvgIpc) is 3.09. The minimum atomic E-state index is -4.82. The first-order valence-corrected chi connectivity index (χ1v) is 12.2. The van der Waals surface area contributed by atoms with Crippen molar-refractivity contribution in [1.29, 1.82) is 0 Å². The van der Waals surface area contributed by atoms with Crippen LogP contribution < -0.4 is 5.11 Å². The third kappa shape index (κ3) is 5.50. The van der Waals surface area contributed by atoms with E-state index in [0.29, 0.717) is 0 Å². The summed E-state index contributed by atoms with van der Waals surface area (Å²) in [5.74, 6) is -1.50. The van der Waals surface area contributed by atoms with Crippen LogP contribution in [0.3, 0.4) is 0 Å². The zero-order valence-corrected chi connectivity index (χ0v) is 20.7. The van der Waals surface area contributed by atoms with Crippen LogP contribution in [0.1, 0.15) is 51.8 Å². The normalized spacial score (nSPS) is 13.7. The fourth-order valence-electron chi connectivity index (χ4n) is 3.61. The summed E-state index contributed by atoms with van der Waals surface area (Å²) in [5, 5.41) is 12.5. The zero-order chi connectivity index (χ0) is 26.3. The highest BCUT2D eigenvalue weighted by molar-refractivity contribution is 7.89. The van der Waals surface area contributed by atoms with E-state index in [1.54, 1.807) is 27.7 Å². The Morgan fingerprint density at radius 2 is 1.77 bits per heavy atom. The summed E-state index contributed by atoms with van der Waals surface area (Å²) < 4.78 is 67.9. The lowest BCUT2D eigenvalue weighted by molar-refractivity contribution is -0.261. The van der Waals surface area contributed by atoms with Crippen molar-refractivity contribution in [2.45, 2.75) is 57.8 Å². The summed E-state index contributed by atoms with van der Waals surface area (Å²) in [6.45, 7) is 6.88. The first-order valence-electron chi connectivity index (χ1n) is 10.4. The van der Waals surface area contributed by atoms with Gasteiger partial charge >= 0.3 is 6.18 Å². The summed E-state index contributed by atoms with van der Waals surface area (Å²) in [6.07, 6.45) is -6.04. The number of amides is 1. The van der Waals surface area contributed by atoms with Crippen LogP contribution in [0.2, 0.25) is 5.02 Å². The van der Waals surface area contributed by atoms with E-state index in [1.807, 2.05) is 0 Å². The Balaban J connectivity index is 2.29. The van der Waals surface area contributed by atoms with Gasteiger partial charge in [0.2, 0.25) is 5.82 Å². The molecule has 0 radical (unpaired) electrons. The molecule has 2 aromatic heterocycles. The predicted octanol–water partition coefficient (Wildman–Crippen LogP) is 4.03. The molecular formula is C21H22ClF3N5O4S-. The number of nitrogens with zero attached hydrogens (tertiary/aromatic N) is 5. The summed E-state index contributed by atoms with van der Waals surface area (Å²) in [7, 11) is -4.69. The van der Waals surface area contributed by atoms with E-state index < -0.39 is 39.6 Å². The highest BCUT2D eigenvalue weighted by Gasteiger charge is 2.39. The zero-order valence-electron chi connectivity index (χ0n) is 19.2.